The normalized spacial score (nSPS) is 22.8. The summed E-state index contributed by atoms with van der Waals surface area (Å²) in [6, 6.07) is 2.36. The average molecular weight is 279 g/mol. The second-order valence-corrected chi connectivity index (χ2v) is 5.69. The quantitative estimate of drug-likeness (QED) is 0.839. The van der Waals surface area contributed by atoms with Gasteiger partial charge in [0.05, 0.1) is 13.7 Å². The Hall–Kier alpha value is -1.29. The molecule has 1 saturated carbocycles. The van der Waals surface area contributed by atoms with Gasteiger partial charge in [0.2, 0.25) is 0 Å². The van der Waals surface area contributed by atoms with Gasteiger partial charge in [0.25, 0.3) is 0 Å². The van der Waals surface area contributed by atoms with Crippen molar-refractivity contribution in [2.75, 3.05) is 7.11 Å². The lowest BCUT2D eigenvalue weighted by Gasteiger charge is -2.28. The van der Waals surface area contributed by atoms with Gasteiger partial charge in [0, 0.05) is 6.04 Å². The minimum atomic E-state index is -0.332. The van der Waals surface area contributed by atoms with Crippen LogP contribution in [0, 0.1) is 12.8 Å². The number of esters is 1. The van der Waals surface area contributed by atoms with Gasteiger partial charge in [-0.1, -0.05) is 26.2 Å². The van der Waals surface area contributed by atoms with Gasteiger partial charge in [-0.3, -0.25) is 0 Å². The Labute approximate surface area is 120 Å². The summed E-state index contributed by atoms with van der Waals surface area (Å²) in [7, 11) is 1.39. The molecule has 20 heavy (non-hydrogen) atoms. The molecule has 2 rings (SSSR count). The van der Waals surface area contributed by atoms with E-state index in [1.165, 1.54) is 39.2 Å². The summed E-state index contributed by atoms with van der Waals surface area (Å²) >= 11 is 0. The zero-order valence-corrected chi connectivity index (χ0v) is 12.7. The Bertz CT molecular complexity index is 453. The van der Waals surface area contributed by atoms with Crippen molar-refractivity contribution < 1.29 is 13.9 Å². The summed E-state index contributed by atoms with van der Waals surface area (Å²) in [6.45, 7) is 4.74. The molecule has 1 fully saturated rings. The first-order chi connectivity index (χ1) is 9.63. The fourth-order valence-electron chi connectivity index (χ4n) is 3.04. The van der Waals surface area contributed by atoms with Crippen molar-refractivity contribution >= 4 is 5.97 Å². The molecule has 0 spiro atoms. The molecule has 0 aliphatic heterocycles. The maximum absolute atomic E-state index is 11.5. The van der Waals surface area contributed by atoms with Crippen LogP contribution in [-0.4, -0.2) is 19.1 Å². The van der Waals surface area contributed by atoms with Crippen LogP contribution in [0.15, 0.2) is 10.5 Å². The van der Waals surface area contributed by atoms with Crippen molar-refractivity contribution in [2.24, 2.45) is 5.92 Å². The summed E-state index contributed by atoms with van der Waals surface area (Å²) < 4.78 is 10.4. The first-order valence-electron chi connectivity index (χ1n) is 7.55. The van der Waals surface area contributed by atoms with Crippen molar-refractivity contribution in [2.45, 2.75) is 58.5 Å². The Morgan fingerprint density at radius 1 is 1.50 bits per heavy atom. The predicted octanol–water partition coefficient (Wildman–Crippen LogP) is 3.43. The predicted molar refractivity (Wildman–Crippen MR) is 77.7 cm³/mol. The minimum absolute atomic E-state index is 0.332. The summed E-state index contributed by atoms with van der Waals surface area (Å²) in [5.74, 6) is 1.96. The smallest absolute Gasteiger partial charge is 0.341 e. The van der Waals surface area contributed by atoms with Crippen LogP contribution < -0.4 is 5.32 Å². The van der Waals surface area contributed by atoms with Crippen molar-refractivity contribution in [1.29, 1.82) is 0 Å². The number of carbonyl (C=O) groups excluding carboxylic acids is 1. The van der Waals surface area contributed by atoms with Crippen molar-refractivity contribution in [3.05, 3.63) is 23.2 Å². The van der Waals surface area contributed by atoms with Gasteiger partial charge in [0.1, 0.15) is 17.1 Å². The zero-order chi connectivity index (χ0) is 14.5. The summed E-state index contributed by atoms with van der Waals surface area (Å²) in [5.41, 5.74) is 0.527. The van der Waals surface area contributed by atoms with Crippen LogP contribution in [0.4, 0.5) is 0 Å². The van der Waals surface area contributed by atoms with Crippen LogP contribution in [-0.2, 0) is 11.3 Å². The number of aryl methyl sites for hydroxylation is 1. The fourth-order valence-corrected chi connectivity index (χ4v) is 3.04. The molecule has 0 aromatic carbocycles. The molecule has 1 heterocycles. The summed E-state index contributed by atoms with van der Waals surface area (Å²) in [5, 5.41) is 3.55. The minimum Gasteiger partial charge on any atom is -0.465 e. The highest BCUT2D eigenvalue weighted by atomic mass is 16.5. The number of carbonyl (C=O) groups is 1. The third kappa shape index (κ3) is 3.63. The van der Waals surface area contributed by atoms with Crippen LogP contribution >= 0.6 is 0 Å². The molecule has 4 nitrogen and oxygen atoms in total. The molecule has 1 aromatic rings. The molecular formula is C16H25NO3. The number of ether oxygens (including phenoxy) is 1. The van der Waals surface area contributed by atoms with E-state index >= 15 is 0 Å². The molecule has 0 radical (unpaired) electrons. The molecule has 0 amide bonds. The van der Waals surface area contributed by atoms with Gasteiger partial charge < -0.3 is 14.5 Å². The van der Waals surface area contributed by atoms with E-state index in [9.17, 15) is 4.79 Å². The number of rotatable bonds is 5. The summed E-state index contributed by atoms with van der Waals surface area (Å²) in [6.07, 6.45) is 6.42. The third-order valence-corrected chi connectivity index (χ3v) is 4.30. The molecule has 0 bridgehead atoms. The lowest BCUT2D eigenvalue weighted by atomic mass is 9.84. The van der Waals surface area contributed by atoms with E-state index in [1.54, 1.807) is 13.0 Å². The van der Waals surface area contributed by atoms with E-state index in [4.69, 9.17) is 9.15 Å². The van der Waals surface area contributed by atoms with Crippen LogP contribution in [0.25, 0.3) is 0 Å². The molecule has 1 aliphatic rings. The standard InChI is InChI=1S/C16H25NO3/c1-4-12-6-5-7-13(8-12)17-10-14-9-15(11(2)20-14)16(18)19-3/h9,12-13,17H,4-8,10H2,1-3H3. The second kappa shape index (κ2) is 6.93. The van der Waals surface area contributed by atoms with Crippen molar-refractivity contribution in [1.82, 2.24) is 5.32 Å². The molecule has 112 valence electrons. The lowest BCUT2D eigenvalue weighted by Crippen LogP contribution is -2.33. The highest BCUT2D eigenvalue weighted by Crippen LogP contribution is 2.27. The van der Waals surface area contributed by atoms with E-state index in [2.05, 4.69) is 12.2 Å². The van der Waals surface area contributed by atoms with Gasteiger partial charge in [-0.05, 0) is 31.7 Å². The lowest BCUT2D eigenvalue weighted by molar-refractivity contribution is 0.0599. The fraction of sp³-hybridized carbons (Fsp3) is 0.688. The first-order valence-corrected chi connectivity index (χ1v) is 7.55. The molecule has 2 atom stereocenters. The Balaban J connectivity index is 1.89. The Morgan fingerprint density at radius 2 is 2.30 bits per heavy atom. The highest BCUT2D eigenvalue weighted by molar-refractivity contribution is 5.90. The number of hydrogen-bond donors (Lipinski definition) is 1. The molecule has 1 aliphatic carbocycles. The molecule has 2 unspecified atom stereocenters. The van der Waals surface area contributed by atoms with Gasteiger partial charge in [-0.25, -0.2) is 4.79 Å². The average Bonchev–Trinajstić information content (AvgIpc) is 2.85. The molecular weight excluding hydrogens is 254 g/mol. The Kier molecular flexibility index (Phi) is 5.24. The number of furan rings is 1. The third-order valence-electron chi connectivity index (χ3n) is 4.30. The van der Waals surface area contributed by atoms with Gasteiger partial charge >= 0.3 is 5.97 Å². The summed E-state index contributed by atoms with van der Waals surface area (Å²) in [4.78, 5) is 11.5. The molecule has 0 saturated heterocycles. The van der Waals surface area contributed by atoms with Crippen LogP contribution in [0.3, 0.4) is 0 Å². The maximum Gasteiger partial charge on any atom is 0.341 e. The van der Waals surface area contributed by atoms with E-state index in [1.807, 2.05) is 0 Å². The van der Waals surface area contributed by atoms with E-state index < -0.39 is 0 Å². The van der Waals surface area contributed by atoms with E-state index in [-0.39, 0.29) is 5.97 Å². The Morgan fingerprint density at radius 3 is 3.00 bits per heavy atom. The molecule has 4 heteroatoms. The monoisotopic (exact) mass is 279 g/mol. The largest absolute Gasteiger partial charge is 0.465 e. The molecule has 1 N–H and O–H groups in total. The van der Waals surface area contributed by atoms with Gasteiger partial charge in [-0.15, -0.1) is 0 Å². The van der Waals surface area contributed by atoms with Crippen LogP contribution in [0.1, 0.15) is 60.9 Å². The molecule has 1 aromatic heterocycles. The SMILES string of the molecule is CCC1CCCC(NCc2cc(C(=O)OC)c(C)o2)C1. The van der Waals surface area contributed by atoms with Gasteiger partial charge in [-0.2, -0.15) is 0 Å². The van der Waals surface area contributed by atoms with Crippen LogP contribution in [0.5, 0.6) is 0 Å². The zero-order valence-electron chi connectivity index (χ0n) is 12.7. The van der Waals surface area contributed by atoms with E-state index in [0.29, 0.717) is 23.9 Å². The first kappa shape index (κ1) is 15.1. The highest BCUT2D eigenvalue weighted by Gasteiger charge is 2.21. The number of nitrogens with one attached hydrogen (secondary N) is 1. The number of methoxy groups -OCH3 is 1. The van der Waals surface area contributed by atoms with Crippen LogP contribution in [0.2, 0.25) is 0 Å². The topological polar surface area (TPSA) is 51.5 Å². The van der Waals surface area contributed by atoms with E-state index in [0.717, 1.165) is 11.7 Å². The second-order valence-electron chi connectivity index (χ2n) is 5.69. The van der Waals surface area contributed by atoms with Crippen molar-refractivity contribution in [3.63, 3.8) is 0 Å². The van der Waals surface area contributed by atoms with Crippen molar-refractivity contribution in [3.8, 4) is 0 Å². The maximum atomic E-state index is 11.5. The number of hydrogen-bond acceptors (Lipinski definition) is 4. The van der Waals surface area contributed by atoms with Gasteiger partial charge in [0.15, 0.2) is 0 Å².